The fraction of sp³-hybridized carbons (Fsp3) is 0.600. The van der Waals surface area contributed by atoms with Gasteiger partial charge in [-0.1, -0.05) is 12.2 Å². The predicted octanol–water partition coefficient (Wildman–Crippen LogP) is 2.08. The molecular weight excluding hydrogens is 136 g/mol. The lowest BCUT2D eigenvalue weighted by Crippen LogP contribution is -2.25. The molecule has 61 valence electrons. The molecule has 0 aliphatic heterocycles. The molecule has 0 aromatic heterocycles. The molecule has 0 saturated heterocycles. The van der Waals surface area contributed by atoms with Crippen LogP contribution in [0.1, 0.15) is 26.7 Å². The van der Waals surface area contributed by atoms with Crippen LogP contribution < -0.4 is 0 Å². The highest BCUT2D eigenvalue weighted by Gasteiger charge is 2.23. The molecule has 0 heterocycles. The van der Waals surface area contributed by atoms with Gasteiger partial charge in [0.15, 0.2) is 0 Å². The lowest BCUT2D eigenvalue weighted by atomic mass is 9.84. The SMILES string of the molecule is C=C(C)C1[C]=CC(C)(O)CC1. The van der Waals surface area contributed by atoms with E-state index in [1.165, 1.54) is 0 Å². The van der Waals surface area contributed by atoms with Crippen molar-refractivity contribution in [3.8, 4) is 0 Å². The average Bonchev–Trinajstić information content (AvgIpc) is 1.86. The number of hydrogen-bond donors (Lipinski definition) is 1. The summed E-state index contributed by atoms with van der Waals surface area (Å²) in [5.41, 5.74) is 0.503. The molecule has 1 heteroatoms. The Kier molecular flexibility index (Phi) is 2.19. The molecule has 1 rings (SSSR count). The van der Waals surface area contributed by atoms with Gasteiger partial charge >= 0.3 is 0 Å². The summed E-state index contributed by atoms with van der Waals surface area (Å²) in [6, 6.07) is 0. The van der Waals surface area contributed by atoms with E-state index in [9.17, 15) is 5.11 Å². The molecule has 0 bridgehead atoms. The van der Waals surface area contributed by atoms with Crippen molar-refractivity contribution in [2.75, 3.05) is 0 Å². The summed E-state index contributed by atoms with van der Waals surface area (Å²) in [7, 11) is 0. The summed E-state index contributed by atoms with van der Waals surface area (Å²) >= 11 is 0. The fourth-order valence-corrected chi connectivity index (χ4v) is 1.26. The topological polar surface area (TPSA) is 20.2 Å². The van der Waals surface area contributed by atoms with Crippen LogP contribution >= 0.6 is 0 Å². The summed E-state index contributed by atoms with van der Waals surface area (Å²) in [4.78, 5) is 0. The first kappa shape index (κ1) is 8.54. The molecule has 1 nitrogen and oxygen atoms in total. The zero-order valence-corrected chi connectivity index (χ0v) is 7.22. The summed E-state index contributed by atoms with van der Waals surface area (Å²) in [5, 5.41) is 9.53. The second kappa shape index (κ2) is 2.82. The van der Waals surface area contributed by atoms with Crippen LogP contribution in [0.2, 0.25) is 0 Å². The molecule has 0 spiro atoms. The summed E-state index contributed by atoms with van der Waals surface area (Å²) in [6.07, 6.45) is 6.68. The van der Waals surface area contributed by atoms with Crippen LogP contribution in [0.15, 0.2) is 18.2 Å². The van der Waals surface area contributed by atoms with Gasteiger partial charge in [-0.25, -0.2) is 0 Å². The van der Waals surface area contributed by atoms with Gasteiger partial charge in [0, 0.05) is 5.92 Å². The van der Waals surface area contributed by atoms with E-state index in [2.05, 4.69) is 12.7 Å². The second-order valence-corrected chi connectivity index (χ2v) is 3.61. The van der Waals surface area contributed by atoms with Gasteiger partial charge in [0.1, 0.15) is 0 Å². The van der Waals surface area contributed by atoms with Gasteiger partial charge in [-0.15, -0.1) is 0 Å². The van der Waals surface area contributed by atoms with E-state index >= 15 is 0 Å². The molecule has 1 N–H and O–H groups in total. The zero-order valence-electron chi connectivity index (χ0n) is 7.22. The number of allylic oxidation sites excluding steroid dienone is 2. The highest BCUT2D eigenvalue weighted by atomic mass is 16.3. The Balaban J connectivity index is 2.63. The first-order valence-electron chi connectivity index (χ1n) is 3.99. The maximum atomic E-state index is 9.53. The fourth-order valence-electron chi connectivity index (χ4n) is 1.26. The quantitative estimate of drug-likeness (QED) is 0.569. The lowest BCUT2D eigenvalue weighted by Gasteiger charge is -2.26. The standard InChI is InChI=1S/C10H15O/c1-8(2)9-4-6-10(3,11)7-5-9/h7,9,11H,1,4,6H2,2-3H3. The molecule has 2 unspecified atom stereocenters. The Morgan fingerprint density at radius 2 is 2.45 bits per heavy atom. The Morgan fingerprint density at radius 3 is 2.82 bits per heavy atom. The van der Waals surface area contributed by atoms with E-state index in [0.29, 0.717) is 5.92 Å². The van der Waals surface area contributed by atoms with E-state index in [-0.39, 0.29) is 0 Å². The molecule has 0 saturated carbocycles. The molecule has 0 aromatic rings. The summed E-state index contributed by atoms with van der Waals surface area (Å²) in [6.45, 7) is 7.68. The van der Waals surface area contributed by atoms with Crippen molar-refractivity contribution in [1.82, 2.24) is 0 Å². The monoisotopic (exact) mass is 151 g/mol. The van der Waals surface area contributed by atoms with Gasteiger partial charge in [0.25, 0.3) is 0 Å². The van der Waals surface area contributed by atoms with Crippen molar-refractivity contribution < 1.29 is 5.11 Å². The minimum Gasteiger partial charge on any atom is -0.386 e. The Hall–Kier alpha value is -0.560. The van der Waals surface area contributed by atoms with E-state index in [4.69, 9.17) is 0 Å². The Labute approximate surface area is 68.4 Å². The third-order valence-corrected chi connectivity index (χ3v) is 2.13. The molecule has 0 aromatic carbocycles. The van der Waals surface area contributed by atoms with Crippen molar-refractivity contribution in [3.05, 3.63) is 24.3 Å². The summed E-state index contributed by atoms with van der Waals surface area (Å²) in [5.74, 6) is 0.357. The maximum Gasteiger partial charge on any atom is 0.0806 e. The van der Waals surface area contributed by atoms with Crippen LogP contribution in [-0.4, -0.2) is 10.7 Å². The van der Waals surface area contributed by atoms with Crippen molar-refractivity contribution in [2.45, 2.75) is 32.3 Å². The van der Waals surface area contributed by atoms with Crippen molar-refractivity contribution in [2.24, 2.45) is 5.92 Å². The molecule has 0 amide bonds. The third kappa shape index (κ3) is 2.19. The zero-order chi connectivity index (χ0) is 8.48. The molecular formula is C10H15O. The van der Waals surface area contributed by atoms with Crippen LogP contribution in [0.3, 0.4) is 0 Å². The van der Waals surface area contributed by atoms with Crippen LogP contribution in [0.5, 0.6) is 0 Å². The number of aliphatic hydroxyl groups is 1. The van der Waals surface area contributed by atoms with Gasteiger partial charge < -0.3 is 5.11 Å². The molecule has 0 fully saturated rings. The first-order valence-corrected chi connectivity index (χ1v) is 3.99. The Morgan fingerprint density at radius 1 is 1.82 bits per heavy atom. The third-order valence-electron chi connectivity index (χ3n) is 2.13. The van der Waals surface area contributed by atoms with Crippen molar-refractivity contribution in [1.29, 1.82) is 0 Å². The largest absolute Gasteiger partial charge is 0.386 e. The smallest absolute Gasteiger partial charge is 0.0806 e. The number of hydrogen-bond acceptors (Lipinski definition) is 1. The van der Waals surface area contributed by atoms with Gasteiger partial charge in [0.2, 0.25) is 0 Å². The molecule has 1 radical (unpaired) electrons. The maximum absolute atomic E-state index is 9.53. The molecule has 1 aliphatic carbocycles. The highest BCUT2D eigenvalue weighted by Crippen LogP contribution is 2.27. The van der Waals surface area contributed by atoms with Crippen LogP contribution in [0.25, 0.3) is 0 Å². The Bertz CT molecular complexity index is 189. The van der Waals surface area contributed by atoms with E-state index < -0.39 is 5.60 Å². The van der Waals surface area contributed by atoms with Crippen LogP contribution in [-0.2, 0) is 0 Å². The predicted molar refractivity (Wildman–Crippen MR) is 46.0 cm³/mol. The minimum absolute atomic E-state index is 0.357. The lowest BCUT2D eigenvalue weighted by molar-refractivity contribution is 0.0888. The van der Waals surface area contributed by atoms with Gasteiger partial charge in [0.05, 0.1) is 5.60 Å². The van der Waals surface area contributed by atoms with E-state index in [1.807, 2.05) is 13.8 Å². The van der Waals surface area contributed by atoms with E-state index in [1.54, 1.807) is 6.08 Å². The van der Waals surface area contributed by atoms with Crippen molar-refractivity contribution >= 4 is 0 Å². The average molecular weight is 151 g/mol. The minimum atomic E-state index is -0.633. The molecule has 11 heavy (non-hydrogen) atoms. The molecule has 2 atom stereocenters. The van der Waals surface area contributed by atoms with Crippen LogP contribution in [0.4, 0.5) is 0 Å². The normalized spacial score (nSPS) is 37.2. The van der Waals surface area contributed by atoms with Crippen molar-refractivity contribution in [3.63, 3.8) is 0 Å². The first-order chi connectivity index (χ1) is 5.01. The van der Waals surface area contributed by atoms with Gasteiger partial charge in [-0.05, 0) is 38.8 Å². The van der Waals surface area contributed by atoms with E-state index in [0.717, 1.165) is 18.4 Å². The number of rotatable bonds is 1. The van der Waals surface area contributed by atoms with Gasteiger partial charge in [-0.2, -0.15) is 0 Å². The highest BCUT2D eigenvalue weighted by molar-refractivity contribution is 5.10. The molecule has 1 aliphatic rings. The second-order valence-electron chi connectivity index (χ2n) is 3.61. The van der Waals surface area contributed by atoms with Crippen LogP contribution in [0, 0.1) is 12.0 Å². The summed E-state index contributed by atoms with van der Waals surface area (Å²) < 4.78 is 0. The van der Waals surface area contributed by atoms with Gasteiger partial charge in [-0.3, -0.25) is 0 Å².